The molecule has 18 heavy (non-hydrogen) atoms. The van der Waals surface area contributed by atoms with E-state index in [0.29, 0.717) is 6.54 Å². The smallest absolute Gasteiger partial charge is 0.285 e. The Labute approximate surface area is 107 Å². The summed E-state index contributed by atoms with van der Waals surface area (Å²) in [4.78, 5) is 1.88. The number of hydrogen-bond donors (Lipinski definition) is 1. The highest BCUT2D eigenvalue weighted by atomic mass is 19.3. The number of nitrogens with zero attached hydrogens (tertiary/aromatic N) is 1. The number of halogens is 2. The summed E-state index contributed by atoms with van der Waals surface area (Å²) in [5, 5.41) is 3.25. The van der Waals surface area contributed by atoms with Crippen molar-refractivity contribution >= 4 is 0 Å². The standard InChI is InChI=1S/C14H20F2N2/c1-12-7-8-17-9-10-18(12)11-14(15,16)13-5-3-2-4-6-13/h2-6,12,17H,7-11H2,1H3. The molecule has 1 unspecified atom stereocenters. The number of alkyl halides is 2. The molecule has 0 aromatic heterocycles. The average molecular weight is 254 g/mol. The Kier molecular flexibility index (Phi) is 4.30. The molecule has 0 aliphatic carbocycles. The molecule has 0 radical (unpaired) electrons. The highest BCUT2D eigenvalue weighted by molar-refractivity contribution is 5.20. The zero-order valence-corrected chi connectivity index (χ0v) is 10.7. The molecule has 2 rings (SSSR count). The quantitative estimate of drug-likeness (QED) is 0.891. The zero-order chi connectivity index (χ0) is 13.0. The normalized spacial score (nSPS) is 22.7. The molecular formula is C14H20F2N2. The van der Waals surface area contributed by atoms with Gasteiger partial charge in [0.25, 0.3) is 5.92 Å². The first-order valence-corrected chi connectivity index (χ1v) is 6.48. The Morgan fingerprint density at radius 1 is 1.28 bits per heavy atom. The second-order valence-electron chi connectivity index (χ2n) is 4.93. The van der Waals surface area contributed by atoms with Crippen LogP contribution in [-0.2, 0) is 5.92 Å². The first-order valence-electron chi connectivity index (χ1n) is 6.48. The fraction of sp³-hybridized carbons (Fsp3) is 0.571. The second kappa shape index (κ2) is 5.76. The summed E-state index contributed by atoms with van der Waals surface area (Å²) in [6.07, 6.45) is 0.921. The maximum Gasteiger partial charge on any atom is 0.285 e. The van der Waals surface area contributed by atoms with E-state index >= 15 is 0 Å². The molecule has 1 aliphatic heterocycles. The lowest BCUT2D eigenvalue weighted by atomic mass is 10.1. The van der Waals surface area contributed by atoms with Crippen LogP contribution < -0.4 is 5.32 Å². The van der Waals surface area contributed by atoms with Gasteiger partial charge in [-0.25, -0.2) is 0 Å². The van der Waals surface area contributed by atoms with Crippen LogP contribution in [0.15, 0.2) is 30.3 Å². The summed E-state index contributed by atoms with van der Waals surface area (Å²) < 4.78 is 28.4. The molecule has 0 bridgehead atoms. The van der Waals surface area contributed by atoms with Crippen molar-refractivity contribution in [1.29, 1.82) is 0 Å². The van der Waals surface area contributed by atoms with Crippen molar-refractivity contribution in [3.8, 4) is 0 Å². The molecule has 4 heteroatoms. The maximum absolute atomic E-state index is 14.2. The fourth-order valence-corrected chi connectivity index (χ4v) is 2.32. The van der Waals surface area contributed by atoms with Crippen molar-refractivity contribution in [3.63, 3.8) is 0 Å². The predicted molar refractivity (Wildman–Crippen MR) is 68.9 cm³/mol. The van der Waals surface area contributed by atoms with Gasteiger partial charge in [-0.2, -0.15) is 8.78 Å². The lowest BCUT2D eigenvalue weighted by Gasteiger charge is -2.30. The van der Waals surface area contributed by atoms with E-state index in [1.54, 1.807) is 18.2 Å². The summed E-state index contributed by atoms with van der Waals surface area (Å²) in [6.45, 7) is 4.21. The van der Waals surface area contributed by atoms with Gasteiger partial charge in [-0.3, -0.25) is 4.90 Å². The van der Waals surface area contributed by atoms with Gasteiger partial charge >= 0.3 is 0 Å². The maximum atomic E-state index is 14.2. The molecule has 1 fully saturated rings. The zero-order valence-electron chi connectivity index (χ0n) is 10.7. The Bertz CT molecular complexity index is 367. The third-order valence-electron chi connectivity index (χ3n) is 3.54. The van der Waals surface area contributed by atoms with Crippen LogP contribution in [0.2, 0.25) is 0 Å². The fourth-order valence-electron chi connectivity index (χ4n) is 2.32. The highest BCUT2D eigenvalue weighted by Crippen LogP contribution is 2.29. The van der Waals surface area contributed by atoms with Crippen LogP contribution in [0.3, 0.4) is 0 Å². The van der Waals surface area contributed by atoms with Crippen molar-refractivity contribution in [2.45, 2.75) is 25.3 Å². The van der Waals surface area contributed by atoms with Crippen LogP contribution in [0.5, 0.6) is 0 Å². The minimum Gasteiger partial charge on any atom is -0.315 e. The third-order valence-corrected chi connectivity index (χ3v) is 3.54. The number of benzene rings is 1. The van der Waals surface area contributed by atoms with Crippen LogP contribution in [0.25, 0.3) is 0 Å². The molecule has 1 N–H and O–H groups in total. The van der Waals surface area contributed by atoms with Crippen molar-refractivity contribution < 1.29 is 8.78 Å². The molecule has 1 aromatic carbocycles. The van der Waals surface area contributed by atoms with Gasteiger partial charge in [0.2, 0.25) is 0 Å². The summed E-state index contributed by atoms with van der Waals surface area (Å²) >= 11 is 0. The molecule has 1 atom stereocenters. The predicted octanol–water partition coefficient (Wildman–Crippen LogP) is 2.46. The van der Waals surface area contributed by atoms with E-state index in [-0.39, 0.29) is 18.2 Å². The van der Waals surface area contributed by atoms with E-state index in [4.69, 9.17) is 0 Å². The number of hydrogen-bond acceptors (Lipinski definition) is 2. The summed E-state index contributed by atoms with van der Waals surface area (Å²) in [6, 6.07) is 8.29. The molecule has 1 saturated heterocycles. The van der Waals surface area contributed by atoms with Crippen LogP contribution in [-0.4, -0.2) is 37.1 Å². The van der Waals surface area contributed by atoms with Crippen molar-refractivity contribution in [2.24, 2.45) is 0 Å². The van der Waals surface area contributed by atoms with Crippen molar-refractivity contribution in [2.75, 3.05) is 26.2 Å². The summed E-state index contributed by atoms with van der Waals surface area (Å²) in [5.74, 6) is -2.78. The minimum atomic E-state index is -2.78. The Morgan fingerprint density at radius 2 is 2.00 bits per heavy atom. The lowest BCUT2D eigenvalue weighted by molar-refractivity contribution is -0.0450. The van der Waals surface area contributed by atoms with E-state index in [1.807, 2.05) is 11.8 Å². The van der Waals surface area contributed by atoms with E-state index < -0.39 is 5.92 Å². The first kappa shape index (κ1) is 13.4. The molecule has 1 aliphatic rings. The minimum absolute atomic E-state index is 0.106. The molecule has 1 aromatic rings. The van der Waals surface area contributed by atoms with Gasteiger partial charge < -0.3 is 5.32 Å². The largest absolute Gasteiger partial charge is 0.315 e. The van der Waals surface area contributed by atoms with Crippen LogP contribution in [0, 0.1) is 0 Å². The summed E-state index contributed by atoms with van der Waals surface area (Å²) in [7, 11) is 0. The SMILES string of the molecule is CC1CCNCCN1CC(F)(F)c1ccccc1. The lowest BCUT2D eigenvalue weighted by Crippen LogP contribution is -2.41. The van der Waals surface area contributed by atoms with Gasteiger partial charge in [-0.1, -0.05) is 30.3 Å². The molecule has 1 heterocycles. The monoisotopic (exact) mass is 254 g/mol. The van der Waals surface area contributed by atoms with Crippen LogP contribution >= 0.6 is 0 Å². The Hall–Kier alpha value is -1.00. The molecule has 2 nitrogen and oxygen atoms in total. The highest BCUT2D eigenvalue weighted by Gasteiger charge is 2.35. The van der Waals surface area contributed by atoms with E-state index in [0.717, 1.165) is 19.5 Å². The second-order valence-corrected chi connectivity index (χ2v) is 4.93. The van der Waals surface area contributed by atoms with E-state index in [9.17, 15) is 8.78 Å². The Morgan fingerprint density at radius 3 is 2.72 bits per heavy atom. The number of rotatable bonds is 3. The average Bonchev–Trinajstić information content (AvgIpc) is 2.56. The van der Waals surface area contributed by atoms with Gasteiger partial charge in [0.05, 0.1) is 6.54 Å². The summed E-state index contributed by atoms with van der Waals surface area (Å²) in [5.41, 5.74) is 0.106. The third kappa shape index (κ3) is 3.27. The van der Waals surface area contributed by atoms with Gasteiger partial charge in [-0.05, 0) is 19.9 Å². The van der Waals surface area contributed by atoms with Gasteiger partial charge in [0.15, 0.2) is 0 Å². The van der Waals surface area contributed by atoms with Crippen molar-refractivity contribution in [1.82, 2.24) is 10.2 Å². The van der Waals surface area contributed by atoms with Crippen LogP contribution in [0.1, 0.15) is 18.9 Å². The van der Waals surface area contributed by atoms with Crippen LogP contribution in [0.4, 0.5) is 8.78 Å². The molecular weight excluding hydrogens is 234 g/mol. The van der Waals surface area contributed by atoms with Gasteiger partial charge in [-0.15, -0.1) is 0 Å². The molecule has 0 amide bonds. The van der Waals surface area contributed by atoms with E-state index in [1.165, 1.54) is 12.1 Å². The van der Waals surface area contributed by atoms with Crippen molar-refractivity contribution in [3.05, 3.63) is 35.9 Å². The molecule has 0 spiro atoms. The first-order chi connectivity index (χ1) is 8.59. The van der Waals surface area contributed by atoms with E-state index in [2.05, 4.69) is 5.32 Å². The topological polar surface area (TPSA) is 15.3 Å². The number of nitrogens with one attached hydrogen (secondary N) is 1. The molecule has 0 saturated carbocycles. The Balaban J connectivity index is 2.07. The van der Waals surface area contributed by atoms with Gasteiger partial charge in [0, 0.05) is 24.7 Å². The van der Waals surface area contributed by atoms with Gasteiger partial charge in [0.1, 0.15) is 0 Å². The molecule has 100 valence electrons.